The van der Waals surface area contributed by atoms with Crippen molar-refractivity contribution >= 4 is 0 Å². The molecule has 0 saturated carbocycles. The summed E-state index contributed by atoms with van der Waals surface area (Å²) < 4.78 is 29.6. The van der Waals surface area contributed by atoms with E-state index < -0.39 is 6.11 Å². The fourth-order valence-corrected chi connectivity index (χ4v) is 0.684. The van der Waals surface area contributed by atoms with E-state index in [0.29, 0.717) is 0 Å². The molecule has 0 spiro atoms. The van der Waals surface area contributed by atoms with Crippen LogP contribution in [0.25, 0.3) is 0 Å². The van der Waals surface area contributed by atoms with Crippen LogP contribution in [0.3, 0.4) is 0 Å². The molecule has 0 aromatic heterocycles. The maximum absolute atomic E-state index is 12.6. The number of halogens is 2. The van der Waals surface area contributed by atoms with Crippen molar-refractivity contribution in [2.45, 2.75) is 19.5 Å². The molecule has 1 nitrogen and oxygen atoms in total. The third kappa shape index (κ3) is 2.49. The van der Waals surface area contributed by atoms with Gasteiger partial charge in [-0.1, -0.05) is 19.1 Å². The second-order valence-electron chi connectivity index (χ2n) is 2.33. The summed E-state index contributed by atoms with van der Waals surface area (Å²) in [6.07, 6.45) is -3.40. The maximum Gasteiger partial charge on any atom is 0.397 e. The zero-order chi connectivity index (χ0) is 9.03. The Labute approximate surface area is 70.0 Å². The Morgan fingerprint density at radius 3 is 2.50 bits per heavy atom. The zero-order valence-corrected chi connectivity index (χ0v) is 6.68. The molecule has 12 heavy (non-hydrogen) atoms. The zero-order valence-electron chi connectivity index (χ0n) is 6.68. The van der Waals surface area contributed by atoms with Crippen molar-refractivity contribution in [3.63, 3.8) is 0 Å². The molecule has 0 aliphatic rings. The van der Waals surface area contributed by atoms with Crippen LogP contribution in [0.5, 0.6) is 5.75 Å². The van der Waals surface area contributed by atoms with Crippen LogP contribution in [-0.2, 0) is 0 Å². The first-order chi connectivity index (χ1) is 5.64. The predicted octanol–water partition coefficient (Wildman–Crippen LogP) is 2.87. The van der Waals surface area contributed by atoms with Gasteiger partial charge in [0.05, 0.1) is 0 Å². The van der Waals surface area contributed by atoms with Gasteiger partial charge in [0.25, 0.3) is 0 Å². The van der Waals surface area contributed by atoms with E-state index >= 15 is 0 Å². The highest BCUT2D eigenvalue weighted by atomic mass is 19.3. The van der Waals surface area contributed by atoms with Crippen molar-refractivity contribution < 1.29 is 13.5 Å². The van der Waals surface area contributed by atoms with Gasteiger partial charge in [-0.3, -0.25) is 0 Å². The van der Waals surface area contributed by atoms with E-state index in [1.54, 1.807) is 0 Å². The minimum absolute atomic E-state index is 0.167. The maximum atomic E-state index is 12.6. The second-order valence-corrected chi connectivity index (χ2v) is 2.33. The molecule has 1 rings (SSSR count). The number of benzene rings is 1. The predicted molar refractivity (Wildman–Crippen MR) is 41.1 cm³/mol. The average Bonchev–Trinajstić information content (AvgIpc) is 2.06. The lowest BCUT2D eigenvalue weighted by atomic mass is 10.3. The first-order valence-corrected chi connectivity index (χ1v) is 3.67. The summed E-state index contributed by atoms with van der Waals surface area (Å²) >= 11 is 0. The van der Waals surface area contributed by atoms with Gasteiger partial charge in [0.1, 0.15) is 5.75 Å². The number of ether oxygens (including phenoxy) is 1. The second kappa shape index (κ2) is 3.52. The van der Waals surface area contributed by atoms with Crippen molar-refractivity contribution in [3.8, 4) is 5.75 Å². The first kappa shape index (κ1) is 8.97. The van der Waals surface area contributed by atoms with E-state index in [2.05, 4.69) is 10.8 Å². The van der Waals surface area contributed by atoms with Crippen LogP contribution in [0.4, 0.5) is 8.78 Å². The summed E-state index contributed by atoms with van der Waals surface area (Å²) in [5.41, 5.74) is 0. The Morgan fingerprint density at radius 2 is 2.00 bits per heavy atom. The quantitative estimate of drug-likeness (QED) is 0.679. The Hall–Kier alpha value is -1.12. The third-order valence-corrected chi connectivity index (χ3v) is 1.37. The lowest BCUT2D eigenvalue weighted by molar-refractivity contribution is -0.177. The Kier molecular flexibility index (Phi) is 2.63. The van der Waals surface area contributed by atoms with E-state index in [1.807, 2.05) is 0 Å². The fourth-order valence-electron chi connectivity index (χ4n) is 0.684. The van der Waals surface area contributed by atoms with Crippen molar-refractivity contribution in [2.24, 2.45) is 0 Å². The van der Waals surface area contributed by atoms with E-state index in [4.69, 9.17) is 0 Å². The Balaban J connectivity index is 2.64. The standard InChI is InChI=1S/C9H9F2O/c1-2-9(10,11)12-8-6-4-3-5-7-8/h4-7H,2H2,1H3. The number of hydrogen-bond acceptors (Lipinski definition) is 1. The summed E-state index contributed by atoms with van der Waals surface area (Å²) in [4.78, 5) is 0. The van der Waals surface area contributed by atoms with Crippen molar-refractivity contribution in [1.82, 2.24) is 0 Å². The summed E-state index contributed by atoms with van der Waals surface area (Å²) in [6, 6.07) is 8.67. The van der Waals surface area contributed by atoms with Gasteiger partial charge in [0.2, 0.25) is 0 Å². The normalized spacial score (nSPS) is 11.2. The number of alkyl halides is 2. The van der Waals surface area contributed by atoms with Gasteiger partial charge in [-0.05, 0) is 18.2 Å². The topological polar surface area (TPSA) is 9.23 Å². The van der Waals surface area contributed by atoms with Crippen LogP contribution in [-0.4, -0.2) is 6.11 Å². The molecule has 1 aromatic carbocycles. The summed E-state index contributed by atoms with van der Waals surface area (Å²) in [7, 11) is 0. The van der Waals surface area contributed by atoms with E-state index in [-0.39, 0.29) is 12.2 Å². The van der Waals surface area contributed by atoms with Crippen LogP contribution >= 0.6 is 0 Å². The summed E-state index contributed by atoms with van der Waals surface area (Å²) in [6.45, 7) is 1.37. The molecule has 3 heteroatoms. The lowest BCUT2D eigenvalue weighted by Crippen LogP contribution is -2.22. The molecule has 0 bridgehead atoms. The minimum atomic E-state index is -3.07. The number of hydrogen-bond donors (Lipinski definition) is 0. The first-order valence-electron chi connectivity index (χ1n) is 3.67. The van der Waals surface area contributed by atoms with Crippen LogP contribution in [0.15, 0.2) is 24.3 Å². The molecule has 0 aliphatic heterocycles. The van der Waals surface area contributed by atoms with Gasteiger partial charge in [-0.25, -0.2) is 0 Å². The van der Waals surface area contributed by atoms with E-state index in [0.717, 1.165) is 0 Å². The SMILES string of the molecule is CCC(F)(F)Oc1cc[c]cc1. The van der Waals surface area contributed by atoms with Gasteiger partial charge < -0.3 is 4.74 Å². The molecule has 0 aliphatic carbocycles. The van der Waals surface area contributed by atoms with Crippen molar-refractivity contribution in [1.29, 1.82) is 0 Å². The van der Waals surface area contributed by atoms with E-state index in [1.165, 1.54) is 31.2 Å². The monoisotopic (exact) mass is 171 g/mol. The van der Waals surface area contributed by atoms with Crippen LogP contribution in [0, 0.1) is 6.07 Å². The molecular formula is C9H9F2O. The summed E-state index contributed by atoms with van der Waals surface area (Å²) in [5.74, 6) is 0.167. The molecule has 65 valence electrons. The van der Waals surface area contributed by atoms with Crippen LogP contribution in [0.1, 0.15) is 13.3 Å². The molecule has 1 radical (unpaired) electrons. The lowest BCUT2D eigenvalue weighted by Gasteiger charge is -2.15. The van der Waals surface area contributed by atoms with Crippen molar-refractivity contribution in [3.05, 3.63) is 30.3 Å². The summed E-state index contributed by atoms with van der Waals surface area (Å²) in [5, 5.41) is 0. The van der Waals surface area contributed by atoms with Gasteiger partial charge in [0, 0.05) is 6.42 Å². The molecule has 0 fully saturated rings. The molecule has 0 saturated heterocycles. The third-order valence-electron chi connectivity index (χ3n) is 1.37. The Bertz CT molecular complexity index is 234. The molecule has 1 aromatic rings. The van der Waals surface area contributed by atoms with E-state index in [9.17, 15) is 8.78 Å². The Morgan fingerprint density at radius 1 is 1.42 bits per heavy atom. The smallest absolute Gasteiger partial charge is 0.397 e. The molecule has 0 atom stereocenters. The highest BCUT2D eigenvalue weighted by Crippen LogP contribution is 2.23. The fraction of sp³-hybridized carbons (Fsp3) is 0.333. The minimum Gasteiger partial charge on any atom is -0.433 e. The van der Waals surface area contributed by atoms with Crippen molar-refractivity contribution in [2.75, 3.05) is 0 Å². The molecule has 0 unspecified atom stereocenters. The van der Waals surface area contributed by atoms with Gasteiger partial charge >= 0.3 is 6.11 Å². The van der Waals surface area contributed by atoms with Gasteiger partial charge in [0.15, 0.2) is 0 Å². The molecule has 0 amide bonds. The number of rotatable bonds is 3. The molecule has 0 heterocycles. The van der Waals surface area contributed by atoms with Gasteiger partial charge in [-0.2, -0.15) is 8.78 Å². The van der Waals surface area contributed by atoms with Crippen LogP contribution < -0.4 is 4.74 Å². The van der Waals surface area contributed by atoms with Gasteiger partial charge in [-0.15, -0.1) is 0 Å². The average molecular weight is 171 g/mol. The highest BCUT2D eigenvalue weighted by molar-refractivity contribution is 5.20. The molecular weight excluding hydrogens is 162 g/mol. The highest BCUT2D eigenvalue weighted by Gasteiger charge is 2.28. The van der Waals surface area contributed by atoms with Crippen LogP contribution in [0.2, 0.25) is 0 Å². The largest absolute Gasteiger partial charge is 0.433 e. The molecule has 0 N–H and O–H groups in total.